The van der Waals surface area contributed by atoms with Crippen molar-refractivity contribution in [1.82, 2.24) is 5.32 Å². The maximum atomic E-state index is 12.4. The van der Waals surface area contributed by atoms with Crippen LogP contribution < -0.4 is 5.32 Å². The van der Waals surface area contributed by atoms with Crippen LogP contribution in [-0.2, 0) is 4.79 Å². The van der Waals surface area contributed by atoms with Crippen molar-refractivity contribution >= 4 is 5.91 Å². The lowest BCUT2D eigenvalue weighted by atomic mass is 9.68. The fourth-order valence-electron chi connectivity index (χ4n) is 3.54. The Morgan fingerprint density at radius 3 is 2.56 bits per heavy atom. The SMILES string of the molecule is C=C1C2(C(=O)NC(C)C)CCC(C2)C1(C)C. The predicted octanol–water partition coefficient (Wildman–Crippen LogP) is 2.89. The molecule has 0 aromatic carbocycles. The Morgan fingerprint density at radius 1 is 1.50 bits per heavy atom. The summed E-state index contributed by atoms with van der Waals surface area (Å²) in [6.45, 7) is 12.7. The van der Waals surface area contributed by atoms with Crippen LogP contribution in [0.25, 0.3) is 0 Å². The second kappa shape index (κ2) is 3.35. The second-order valence-electron chi connectivity index (χ2n) is 6.35. The van der Waals surface area contributed by atoms with Gasteiger partial charge in [-0.05, 0) is 44.4 Å². The van der Waals surface area contributed by atoms with Crippen LogP contribution in [0.2, 0.25) is 0 Å². The number of hydrogen-bond donors (Lipinski definition) is 1. The standard InChI is InChI=1S/C14H23NO/c1-9(2)15-12(16)14-7-6-11(8-14)13(4,5)10(14)3/h9,11H,3,6-8H2,1-2,4-5H3,(H,15,16). The lowest BCUT2D eigenvalue weighted by Gasteiger charge is -2.37. The van der Waals surface area contributed by atoms with Gasteiger partial charge in [0.2, 0.25) is 5.91 Å². The first kappa shape index (κ1) is 11.7. The van der Waals surface area contributed by atoms with Gasteiger partial charge in [-0.25, -0.2) is 0 Å². The maximum Gasteiger partial charge on any atom is 0.230 e. The molecular formula is C14H23NO. The van der Waals surface area contributed by atoms with E-state index in [2.05, 4.69) is 25.7 Å². The molecule has 2 nitrogen and oxygen atoms in total. The molecule has 0 spiro atoms. The summed E-state index contributed by atoms with van der Waals surface area (Å²) in [6, 6.07) is 0.220. The molecule has 0 aliphatic heterocycles. The first-order valence-electron chi connectivity index (χ1n) is 6.31. The highest BCUT2D eigenvalue weighted by atomic mass is 16.2. The van der Waals surface area contributed by atoms with Gasteiger partial charge in [-0.1, -0.05) is 26.0 Å². The van der Waals surface area contributed by atoms with Crippen molar-refractivity contribution < 1.29 is 4.79 Å². The summed E-state index contributed by atoms with van der Waals surface area (Å²) >= 11 is 0. The zero-order valence-electron chi connectivity index (χ0n) is 10.9. The van der Waals surface area contributed by atoms with Crippen LogP contribution in [0.5, 0.6) is 0 Å². The lowest BCUT2D eigenvalue weighted by molar-refractivity contribution is -0.129. The molecule has 1 amide bonds. The van der Waals surface area contributed by atoms with Gasteiger partial charge in [0, 0.05) is 6.04 Å². The minimum Gasteiger partial charge on any atom is -0.353 e. The summed E-state index contributed by atoms with van der Waals surface area (Å²) < 4.78 is 0. The Labute approximate surface area is 98.5 Å². The minimum atomic E-state index is -0.252. The van der Waals surface area contributed by atoms with Gasteiger partial charge >= 0.3 is 0 Å². The zero-order chi connectivity index (χ0) is 12.1. The van der Waals surface area contributed by atoms with Crippen LogP contribution in [0.1, 0.15) is 47.0 Å². The number of carbonyl (C=O) groups is 1. The number of rotatable bonds is 2. The van der Waals surface area contributed by atoms with Crippen LogP contribution in [0, 0.1) is 16.7 Å². The predicted molar refractivity (Wildman–Crippen MR) is 66.0 cm³/mol. The summed E-state index contributed by atoms with van der Waals surface area (Å²) in [6.07, 6.45) is 3.19. The number of fused-ring (bicyclic) bond motifs is 2. The van der Waals surface area contributed by atoms with E-state index in [-0.39, 0.29) is 22.8 Å². The van der Waals surface area contributed by atoms with Crippen molar-refractivity contribution in [3.05, 3.63) is 12.2 Å². The van der Waals surface area contributed by atoms with E-state index in [4.69, 9.17) is 0 Å². The molecule has 0 aromatic heterocycles. The van der Waals surface area contributed by atoms with Gasteiger partial charge in [-0.3, -0.25) is 4.79 Å². The molecule has 2 heteroatoms. The molecule has 2 fully saturated rings. The lowest BCUT2D eigenvalue weighted by Crippen LogP contribution is -2.44. The van der Waals surface area contributed by atoms with Crippen molar-refractivity contribution in [3.8, 4) is 0 Å². The summed E-state index contributed by atoms with van der Waals surface area (Å²) in [5.74, 6) is 0.860. The molecule has 2 aliphatic carbocycles. The Morgan fingerprint density at radius 2 is 2.12 bits per heavy atom. The van der Waals surface area contributed by atoms with Gasteiger partial charge in [0.25, 0.3) is 0 Å². The summed E-state index contributed by atoms with van der Waals surface area (Å²) in [4.78, 5) is 12.4. The van der Waals surface area contributed by atoms with Gasteiger partial charge in [-0.2, -0.15) is 0 Å². The van der Waals surface area contributed by atoms with E-state index in [0.717, 1.165) is 18.4 Å². The van der Waals surface area contributed by atoms with E-state index < -0.39 is 0 Å². The summed E-state index contributed by atoms with van der Waals surface area (Å²) in [7, 11) is 0. The van der Waals surface area contributed by atoms with Crippen LogP contribution in [0.4, 0.5) is 0 Å². The van der Waals surface area contributed by atoms with Gasteiger partial charge in [0.05, 0.1) is 5.41 Å². The van der Waals surface area contributed by atoms with Crippen molar-refractivity contribution in [1.29, 1.82) is 0 Å². The number of carbonyl (C=O) groups excluding carboxylic acids is 1. The third-order valence-electron chi connectivity index (χ3n) is 4.74. The molecule has 2 bridgehead atoms. The topological polar surface area (TPSA) is 29.1 Å². The molecule has 16 heavy (non-hydrogen) atoms. The fourth-order valence-corrected chi connectivity index (χ4v) is 3.54. The molecule has 2 rings (SSSR count). The third-order valence-corrected chi connectivity index (χ3v) is 4.74. The summed E-state index contributed by atoms with van der Waals surface area (Å²) in [5, 5.41) is 3.07. The zero-order valence-corrected chi connectivity index (χ0v) is 10.9. The molecule has 90 valence electrons. The van der Waals surface area contributed by atoms with Crippen LogP contribution in [0.15, 0.2) is 12.2 Å². The normalized spacial score (nSPS) is 35.8. The molecule has 1 N–H and O–H groups in total. The maximum absolute atomic E-state index is 12.4. The Balaban J connectivity index is 2.27. The highest BCUT2D eigenvalue weighted by molar-refractivity contribution is 5.87. The average Bonchev–Trinajstić information content (AvgIpc) is 2.66. The molecular weight excluding hydrogens is 198 g/mol. The Bertz CT molecular complexity index is 343. The number of amides is 1. The molecule has 0 radical (unpaired) electrons. The third kappa shape index (κ3) is 1.35. The highest BCUT2D eigenvalue weighted by Gasteiger charge is 2.60. The molecule has 0 aromatic rings. The highest BCUT2D eigenvalue weighted by Crippen LogP contribution is 2.65. The second-order valence-corrected chi connectivity index (χ2v) is 6.35. The van der Waals surface area contributed by atoms with E-state index in [0.29, 0.717) is 5.92 Å². The number of nitrogens with one attached hydrogen (secondary N) is 1. The molecule has 0 saturated heterocycles. The van der Waals surface area contributed by atoms with Crippen LogP contribution in [0.3, 0.4) is 0 Å². The molecule has 2 saturated carbocycles. The molecule has 0 heterocycles. The molecule has 2 unspecified atom stereocenters. The summed E-state index contributed by atoms with van der Waals surface area (Å²) in [5.41, 5.74) is 1.06. The number of hydrogen-bond acceptors (Lipinski definition) is 1. The van der Waals surface area contributed by atoms with E-state index >= 15 is 0 Å². The van der Waals surface area contributed by atoms with Crippen molar-refractivity contribution in [2.45, 2.75) is 53.0 Å². The molecule has 2 aliphatic rings. The average molecular weight is 221 g/mol. The molecule has 2 atom stereocenters. The first-order chi connectivity index (χ1) is 7.30. The first-order valence-corrected chi connectivity index (χ1v) is 6.31. The van der Waals surface area contributed by atoms with Gasteiger partial charge in [0.1, 0.15) is 0 Å². The Kier molecular flexibility index (Phi) is 2.45. The Hall–Kier alpha value is -0.790. The van der Waals surface area contributed by atoms with Crippen molar-refractivity contribution in [2.75, 3.05) is 0 Å². The fraction of sp³-hybridized carbons (Fsp3) is 0.786. The van der Waals surface area contributed by atoms with Crippen LogP contribution >= 0.6 is 0 Å². The van der Waals surface area contributed by atoms with E-state index in [1.165, 1.54) is 6.42 Å². The van der Waals surface area contributed by atoms with Gasteiger partial charge in [-0.15, -0.1) is 0 Å². The van der Waals surface area contributed by atoms with Crippen LogP contribution in [-0.4, -0.2) is 11.9 Å². The smallest absolute Gasteiger partial charge is 0.230 e. The largest absolute Gasteiger partial charge is 0.353 e. The van der Waals surface area contributed by atoms with Crippen molar-refractivity contribution in [3.63, 3.8) is 0 Å². The quantitative estimate of drug-likeness (QED) is 0.714. The van der Waals surface area contributed by atoms with E-state index in [9.17, 15) is 4.79 Å². The monoisotopic (exact) mass is 221 g/mol. The van der Waals surface area contributed by atoms with Gasteiger partial charge < -0.3 is 5.32 Å². The van der Waals surface area contributed by atoms with E-state index in [1.54, 1.807) is 0 Å². The minimum absolute atomic E-state index is 0.145. The van der Waals surface area contributed by atoms with Gasteiger partial charge in [0.15, 0.2) is 0 Å². The van der Waals surface area contributed by atoms with E-state index in [1.807, 2.05) is 13.8 Å². The van der Waals surface area contributed by atoms with Crippen molar-refractivity contribution in [2.24, 2.45) is 16.7 Å².